The van der Waals surface area contributed by atoms with Crippen molar-refractivity contribution in [1.29, 1.82) is 5.26 Å². The number of urea groups is 1. The number of amides is 2. The lowest BCUT2D eigenvalue weighted by Crippen LogP contribution is -2.40. The van der Waals surface area contributed by atoms with E-state index in [1.807, 2.05) is 6.07 Å². The van der Waals surface area contributed by atoms with Gasteiger partial charge < -0.3 is 24.8 Å². The van der Waals surface area contributed by atoms with Crippen LogP contribution in [0.4, 0.5) is 10.5 Å². The van der Waals surface area contributed by atoms with Crippen molar-refractivity contribution in [3.8, 4) is 29.1 Å². The molecule has 2 N–H and O–H groups in total. The molecule has 10 nitrogen and oxygen atoms in total. The van der Waals surface area contributed by atoms with Crippen LogP contribution < -0.4 is 20.5 Å². The van der Waals surface area contributed by atoms with Crippen LogP contribution in [0.5, 0.6) is 17.4 Å². The first kappa shape index (κ1) is 22.7. The lowest BCUT2D eigenvalue weighted by molar-refractivity contribution is 0.198. The van der Waals surface area contributed by atoms with Crippen LogP contribution in [-0.2, 0) is 0 Å². The van der Waals surface area contributed by atoms with E-state index in [1.165, 1.54) is 24.9 Å². The highest BCUT2D eigenvalue weighted by molar-refractivity contribution is 6.32. The molecule has 2 amide bonds. The van der Waals surface area contributed by atoms with E-state index in [2.05, 4.69) is 5.32 Å². The summed E-state index contributed by atoms with van der Waals surface area (Å²) in [5.74, 6) is 0.817. The third-order valence-corrected chi connectivity index (χ3v) is 7.13. The molecule has 1 saturated heterocycles. The van der Waals surface area contributed by atoms with Gasteiger partial charge in [0.2, 0.25) is 5.88 Å². The van der Waals surface area contributed by atoms with Gasteiger partial charge >= 0.3 is 11.7 Å². The summed E-state index contributed by atoms with van der Waals surface area (Å²) in [6.07, 6.45) is 0.529. The fourth-order valence-corrected chi connectivity index (χ4v) is 5.17. The Balaban J connectivity index is 1.49. The van der Waals surface area contributed by atoms with Crippen molar-refractivity contribution in [3.05, 3.63) is 62.7 Å². The fourth-order valence-electron chi connectivity index (χ4n) is 4.97. The molecule has 0 aliphatic carbocycles. The summed E-state index contributed by atoms with van der Waals surface area (Å²) in [7, 11) is 3.05. The van der Waals surface area contributed by atoms with Crippen LogP contribution in [-0.4, -0.2) is 45.9 Å². The van der Waals surface area contributed by atoms with Gasteiger partial charge in [-0.2, -0.15) is 5.26 Å². The number of rotatable bonds is 4. The third-order valence-electron chi connectivity index (χ3n) is 6.64. The van der Waals surface area contributed by atoms with Crippen LogP contribution >= 0.6 is 11.6 Å². The number of likely N-dealkylation sites (tertiary alicyclic amines) is 1. The van der Waals surface area contributed by atoms with E-state index in [1.54, 1.807) is 40.7 Å². The molecule has 2 bridgehead atoms. The number of nitrogens with zero attached hydrogens (tertiary/aromatic N) is 4. The number of carbonyl (C=O) groups is 1. The standard InChI is InChI=1S/C24H22ClN5O5/c1-12-18(5-4-13(10-26)20(12)25)30-22(31)21-19-8-15(29(21)24(30)33)11-28(19)23(32)27-14-6-16(34-2)9-17(7-14)35-3/h4-7,9,15,19,31H,8,11H2,1-3H3,(H,27,32)/t15-,19-/m0/s1. The van der Waals surface area contributed by atoms with Gasteiger partial charge in [0.15, 0.2) is 0 Å². The minimum absolute atomic E-state index is 0.223. The minimum Gasteiger partial charge on any atom is -0.497 e. The SMILES string of the molecule is COc1cc(NC(=O)N2C[C@@H]3C[C@H]2c2c(O)n(-c4ccc(C#N)c(Cl)c4C)c(=O)n23)cc(OC)c1. The van der Waals surface area contributed by atoms with Gasteiger partial charge in [0.05, 0.1) is 42.6 Å². The number of nitrogens with one attached hydrogen (secondary N) is 1. The van der Waals surface area contributed by atoms with E-state index < -0.39 is 11.7 Å². The first-order valence-electron chi connectivity index (χ1n) is 10.8. The number of carbonyl (C=O) groups excluding carboxylic acids is 1. The van der Waals surface area contributed by atoms with Crippen LogP contribution in [0, 0.1) is 18.3 Å². The fraction of sp³-hybridized carbons (Fsp3) is 0.292. The van der Waals surface area contributed by atoms with Crippen molar-refractivity contribution in [2.24, 2.45) is 0 Å². The molecule has 2 atom stereocenters. The number of imidazole rings is 1. The molecule has 0 radical (unpaired) electrons. The average Bonchev–Trinajstić information content (AvgIpc) is 3.52. The molecule has 3 aromatic rings. The number of hydrogen-bond donors (Lipinski definition) is 2. The number of fused-ring (bicyclic) bond motifs is 5. The summed E-state index contributed by atoms with van der Waals surface area (Å²) in [6.45, 7) is 2.00. The maximum Gasteiger partial charge on any atom is 0.336 e. The number of hydrogen-bond acceptors (Lipinski definition) is 6. The molecule has 2 aliphatic heterocycles. The molecule has 2 aliphatic rings. The normalized spacial score (nSPS) is 17.7. The highest BCUT2D eigenvalue weighted by Crippen LogP contribution is 2.49. The van der Waals surface area contributed by atoms with Gasteiger partial charge in [-0.05, 0) is 31.0 Å². The molecule has 180 valence electrons. The summed E-state index contributed by atoms with van der Waals surface area (Å²) in [5, 5.41) is 23.4. The maximum atomic E-state index is 13.3. The van der Waals surface area contributed by atoms with E-state index in [4.69, 9.17) is 21.1 Å². The van der Waals surface area contributed by atoms with Crippen molar-refractivity contribution in [2.45, 2.75) is 25.4 Å². The number of ether oxygens (including phenoxy) is 2. The first-order chi connectivity index (χ1) is 16.8. The Morgan fingerprint density at radius 1 is 1.23 bits per heavy atom. The quantitative estimate of drug-likeness (QED) is 0.568. The summed E-state index contributed by atoms with van der Waals surface area (Å²) in [6, 6.07) is 9.04. The second kappa shape index (κ2) is 8.29. The molecular weight excluding hydrogens is 474 g/mol. The van der Waals surface area contributed by atoms with Gasteiger partial charge in [-0.15, -0.1) is 0 Å². The van der Waals surface area contributed by atoms with Crippen molar-refractivity contribution in [1.82, 2.24) is 14.0 Å². The number of halogens is 1. The summed E-state index contributed by atoms with van der Waals surface area (Å²) in [5.41, 5.74) is 1.63. The molecule has 35 heavy (non-hydrogen) atoms. The predicted molar refractivity (Wildman–Crippen MR) is 128 cm³/mol. The molecule has 11 heteroatoms. The van der Waals surface area contributed by atoms with Crippen LogP contribution in [0.3, 0.4) is 0 Å². The summed E-state index contributed by atoms with van der Waals surface area (Å²) >= 11 is 6.30. The van der Waals surface area contributed by atoms with E-state index >= 15 is 0 Å². The largest absolute Gasteiger partial charge is 0.497 e. The zero-order chi connectivity index (χ0) is 25.0. The lowest BCUT2D eigenvalue weighted by Gasteiger charge is -2.28. The van der Waals surface area contributed by atoms with E-state index in [9.17, 15) is 20.0 Å². The van der Waals surface area contributed by atoms with Crippen molar-refractivity contribution >= 4 is 23.3 Å². The lowest BCUT2D eigenvalue weighted by atomic mass is 10.1. The van der Waals surface area contributed by atoms with Crippen LogP contribution in [0.2, 0.25) is 5.02 Å². The van der Waals surface area contributed by atoms with Crippen molar-refractivity contribution in [3.63, 3.8) is 0 Å². The monoisotopic (exact) mass is 495 g/mol. The Kier molecular flexibility index (Phi) is 5.37. The van der Waals surface area contributed by atoms with Gasteiger partial charge in [0.1, 0.15) is 23.3 Å². The second-order valence-corrected chi connectivity index (χ2v) is 8.85. The van der Waals surface area contributed by atoms with Gasteiger partial charge in [-0.1, -0.05) is 11.6 Å². The van der Waals surface area contributed by atoms with Crippen molar-refractivity contribution < 1.29 is 19.4 Å². The van der Waals surface area contributed by atoms with Gasteiger partial charge in [-0.25, -0.2) is 14.2 Å². The molecule has 0 spiro atoms. The number of aromatic nitrogens is 2. The molecule has 5 rings (SSSR count). The predicted octanol–water partition coefficient (Wildman–Crippen LogP) is 3.73. The molecule has 1 fully saturated rings. The number of nitriles is 1. The van der Waals surface area contributed by atoms with Crippen LogP contribution in [0.1, 0.15) is 35.3 Å². The molecule has 1 aromatic heterocycles. The molecule has 0 unspecified atom stereocenters. The van der Waals surface area contributed by atoms with Gasteiger partial charge in [0, 0.05) is 30.4 Å². The van der Waals surface area contributed by atoms with Gasteiger partial charge in [0.25, 0.3) is 0 Å². The Hall–Kier alpha value is -4.10. The summed E-state index contributed by atoms with van der Waals surface area (Å²) < 4.78 is 13.3. The zero-order valence-corrected chi connectivity index (χ0v) is 20.0. The first-order valence-corrected chi connectivity index (χ1v) is 11.2. The van der Waals surface area contributed by atoms with Crippen LogP contribution in [0.25, 0.3) is 5.69 Å². The van der Waals surface area contributed by atoms with E-state index in [-0.39, 0.29) is 28.5 Å². The van der Waals surface area contributed by atoms with E-state index in [0.717, 1.165) is 0 Å². The molecule has 0 saturated carbocycles. The molecular formula is C24H22ClN5O5. The topological polar surface area (TPSA) is 122 Å². The molecule has 2 aromatic carbocycles. The second-order valence-electron chi connectivity index (χ2n) is 8.47. The number of benzene rings is 2. The average molecular weight is 496 g/mol. The Morgan fingerprint density at radius 2 is 1.91 bits per heavy atom. The smallest absolute Gasteiger partial charge is 0.336 e. The Bertz CT molecular complexity index is 1450. The zero-order valence-electron chi connectivity index (χ0n) is 19.2. The highest BCUT2D eigenvalue weighted by Gasteiger charge is 2.49. The van der Waals surface area contributed by atoms with Gasteiger partial charge in [-0.3, -0.25) is 4.57 Å². The molecule has 3 heterocycles. The summed E-state index contributed by atoms with van der Waals surface area (Å²) in [4.78, 5) is 28.1. The number of anilines is 1. The highest BCUT2D eigenvalue weighted by atomic mass is 35.5. The Labute approximate surface area is 205 Å². The minimum atomic E-state index is -0.476. The van der Waals surface area contributed by atoms with Crippen LogP contribution in [0.15, 0.2) is 35.1 Å². The number of methoxy groups -OCH3 is 2. The third kappa shape index (κ3) is 3.39. The van der Waals surface area contributed by atoms with E-state index in [0.29, 0.717) is 47.1 Å². The maximum absolute atomic E-state index is 13.3. The van der Waals surface area contributed by atoms with Crippen molar-refractivity contribution in [2.75, 3.05) is 26.1 Å². The Morgan fingerprint density at radius 3 is 2.54 bits per heavy atom. The number of aromatic hydroxyl groups is 1.